The van der Waals surface area contributed by atoms with Gasteiger partial charge in [0, 0.05) is 19.4 Å². The molecule has 164 valence electrons. The molecule has 29 heavy (non-hydrogen) atoms. The van der Waals surface area contributed by atoms with E-state index in [2.05, 4.69) is 5.32 Å². The summed E-state index contributed by atoms with van der Waals surface area (Å²) in [6.45, 7) is 7.37. The highest BCUT2D eigenvalue weighted by atomic mass is 32.2. The molecule has 8 nitrogen and oxygen atoms in total. The van der Waals surface area contributed by atoms with Crippen molar-refractivity contribution in [1.82, 2.24) is 5.32 Å². The third-order valence-electron chi connectivity index (χ3n) is 3.99. The van der Waals surface area contributed by atoms with Crippen LogP contribution in [0, 0.1) is 0 Å². The van der Waals surface area contributed by atoms with Crippen LogP contribution in [0.4, 0.5) is 0 Å². The van der Waals surface area contributed by atoms with Crippen molar-refractivity contribution in [3.63, 3.8) is 0 Å². The zero-order chi connectivity index (χ0) is 21.9. The molecule has 0 aliphatic rings. The molecule has 1 atom stereocenters. The van der Waals surface area contributed by atoms with Crippen molar-refractivity contribution >= 4 is 10.0 Å². The van der Waals surface area contributed by atoms with Gasteiger partial charge >= 0.3 is 0 Å². The smallest absolute Gasteiger partial charge is 0.241 e. The molecule has 0 heterocycles. The fourth-order valence-electron chi connectivity index (χ4n) is 2.70. The lowest BCUT2D eigenvalue weighted by molar-refractivity contribution is 0.162. The summed E-state index contributed by atoms with van der Waals surface area (Å²) in [6.07, 6.45) is 4.55. The fraction of sp³-hybridized carbons (Fsp3) is 0.500. The first-order chi connectivity index (χ1) is 13.8. The predicted octanol–water partition coefficient (Wildman–Crippen LogP) is 2.01. The Kier molecular flexibility index (Phi) is 10.7. The highest BCUT2D eigenvalue weighted by Gasteiger charge is 2.16. The van der Waals surface area contributed by atoms with Crippen molar-refractivity contribution < 1.29 is 22.6 Å². The lowest BCUT2D eigenvalue weighted by atomic mass is 10.1. The zero-order valence-corrected chi connectivity index (χ0v) is 18.4. The maximum Gasteiger partial charge on any atom is 0.241 e. The van der Waals surface area contributed by atoms with Crippen molar-refractivity contribution in [1.29, 1.82) is 0 Å². The number of hydrogen-bond acceptors (Lipinski definition) is 7. The summed E-state index contributed by atoms with van der Waals surface area (Å²) in [7, 11) is -2.49. The Hall–Kier alpha value is -2.07. The minimum atomic E-state index is -3.88. The van der Waals surface area contributed by atoms with Gasteiger partial charge in [0.15, 0.2) is 5.76 Å². The first-order valence-corrected chi connectivity index (χ1v) is 11.1. The molecule has 0 saturated heterocycles. The highest BCUT2D eigenvalue weighted by molar-refractivity contribution is 7.89. The molecule has 9 heteroatoms. The lowest BCUT2D eigenvalue weighted by Crippen LogP contribution is -2.41. The summed E-state index contributed by atoms with van der Waals surface area (Å²) in [5.41, 5.74) is 6.85. The molecule has 0 unspecified atom stereocenters. The van der Waals surface area contributed by atoms with Crippen LogP contribution in [0.25, 0.3) is 0 Å². The number of allylic oxidation sites excluding steroid dienone is 3. The van der Waals surface area contributed by atoms with Crippen molar-refractivity contribution in [2.45, 2.75) is 44.7 Å². The minimum absolute atomic E-state index is 0.0582. The van der Waals surface area contributed by atoms with E-state index in [1.807, 2.05) is 32.9 Å². The van der Waals surface area contributed by atoms with Gasteiger partial charge in [-0.05, 0) is 37.6 Å². The zero-order valence-electron chi connectivity index (χ0n) is 17.6. The minimum Gasteiger partial charge on any atom is -0.495 e. The van der Waals surface area contributed by atoms with Crippen LogP contribution in [-0.2, 0) is 25.9 Å². The number of methoxy groups -OCH3 is 1. The van der Waals surface area contributed by atoms with Crippen molar-refractivity contribution in [3.8, 4) is 5.75 Å². The van der Waals surface area contributed by atoms with Crippen LogP contribution < -0.4 is 20.9 Å². The lowest BCUT2D eigenvalue weighted by Gasteiger charge is -2.17. The van der Waals surface area contributed by atoms with E-state index in [0.717, 1.165) is 17.7 Å². The SMILES string of the molecule is C/C=C\C(OCCN[C@H](N)Cc1ccc(OC)c(S(N)(=O)=O)c1)=C(/CC)OCC. The van der Waals surface area contributed by atoms with Gasteiger partial charge in [-0.15, -0.1) is 0 Å². The molecular formula is C20H33N3O5S. The van der Waals surface area contributed by atoms with E-state index < -0.39 is 10.0 Å². The molecule has 0 saturated carbocycles. The molecule has 0 fully saturated rings. The van der Waals surface area contributed by atoms with Gasteiger partial charge in [0.1, 0.15) is 23.0 Å². The molecule has 0 bridgehead atoms. The molecule has 0 aromatic heterocycles. The van der Waals surface area contributed by atoms with Crippen LogP contribution in [-0.4, -0.2) is 41.5 Å². The second-order valence-electron chi connectivity index (χ2n) is 6.22. The van der Waals surface area contributed by atoms with Crippen molar-refractivity contribution in [2.24, 2.45) is 10.9 Å². The third kappa shape index (κ3) is 8.45. The van der Waals surface area contributed by atoms with Gasteiger partial charge in [-0.1, -0.05) is 19.1 Å². The van der Waals surface area contributed by atoms with Gasteiger partial charge < -0.3 is 19.9 Å². The maximum absolute atomic E-state index is 11.7. The number of sulfonamides is 1. The van der Waals surface area contributed by atoms with Gasteiger partial charge in [0.25, 0.3) is 0 Å². The second kappa shape index (κ2) is 12.5. The van der Waals surface area contributed by atoms with Crippen molar-refractivity contribution in [3.05, 3.63) is 47.4 Å². The topological polar surface area (TPSA) is 126 Å². The standard InChI is InChI=1S/C20H33N3O5S/c1-5-8-17(16(6-2)27-7-3)28-12-11-23-20(21)14-15-9-10-18(26-4)19(13-15)29(22,24)25/h5,8-10,13,20,23H,6-7,11-12,14,21H2,1-4H3,(H2,22,24,25)/b8-5-,17-16-/t20-/m0/s1. The van der Waals surface area contributed by atoms with Crippen LogP contribution in [0.5, 0.6) is 5.75 Å². The quantitative estimate of drug-likeness (QED) is 0.190. The second-order valence-corrected chi connectivity index (χ2v) is 7.75. The summed E-state index contributed by atoms with van der Waals surface area (Å²) in [5.74, 6) is 1.72. The Labute approximate surface area is 173 Å². The Morgan fingerprint density at radius 2 is 2.00 bits per heavy atom. The average molecular weight is 428 g/mol. The van der Waals surface area contributed by atoms with Crippen LogP contribution in [0.3, 0.4) is 0 Å². The molecular weight excluding hydrogens is 394 g/mol. The number of hydrogen-bond donors (Lipinski definition) is 3. The Bertz CT molecular complexity index is 806. The summed E-state index contributed by atoms with van der Waals surface area (Å²) in [5, 5.41) is 8.41. The Morgan fingerprint density at radius 1 is 1.28 bits per heavy atom. The molecule has 0 radical (unpaired) electrons. The summed E-state index contributed by atoms with van der Waals surface area (Å²) < 4.78 is 39.9. The summed E-state index contributed by atoms with van der Waals surface area (Å²) >= 11 is 0. The van der Waals surface area contributed by atoms with E-state index in [1.54, 1.807) is 12.1 Å². The first kappa shape index (κ1) is 25.0. The van der Waals surface area contributed by atoms with Crippen LogP contribution in [0.2, 0.25) is 0 Å². The average Bonchev–Trinajstić information content (AvgIpc) is 2.68. The summed E-state index contributed by atoms with van der Waals surface area (Å²) in [6, 6.07) is 4.81. The van der Waals surface area contributed by atoms with Crippen molar-refractivity contribution in [2.75, 3.05) is 26.9 Å². The highest BCUT2D eigenvalue weighted by Crippen LogP contribution is 2.24. The normalized spacial score (nSPS) is 13.9. The Morgan fingerprint density at radius 3 is 2.55 bits per heavy atom. The van der Waals surface area contributed by atoms with Gasteiger partial charge in [0.05, 0.1) is 19.9 Å². The van der Waals surface area contributed by atoms with E-state index in [0.29, 0.717) is 31.9 Å². The maximum atomic E-state index is 11.7. The predicted molar refractivity (Wildman–Crippen MR) is 114 cm³/mol. The molecule has 0 spiro atoms. The summed E-state index contributed by atoms with van der Waals surface area (Å²) in [4.78, 5) is -0.0582. The van der Waals surface area contributed by atoms with E-state index in [1.165, 1.54) is 13.2 Å². The van der Waals surface area contributed by atoms with Gasteiger partial charge in [0.2, 0.25) is 10.0 Å². The largest absolute Gasteiger partial charge is 0.495 e. The molecule has 1 aromatic rings. The van der Waals surface area contributed by atoms with E-state index in [-0.39, 0.29) is 16.8 Å². The molecule has 0 amide bonds. The van der Waals surface area contributed by atoms with Crippen LogP contribution in [0.15, 0.2) is 46.8 Å². The molecule has 5 N–H and O–H groups in total. The molecule has 1 rings (SSSR count). The van der Waals surface area contributed by atoms with E-state index in [9.17, 15) is 8.42 Å². The van der Waals surface area contributed by atoms with Gasteiger partial charge in [-0.3, -0.25) is 5.32 Å². The first-order valence-electron chi connectivity index (χ1n) is 9.56. The fourth-order valence-corrected chi connectivity index (χ4v) is 3.44. The molecule has 1 aromatic carbocycles. The molecule has 0 aliphatic heterocycles. The van der Waals surface area contributed by atoms with Gasteiger partial charge in [-0.25, -0.2) is 13.6 Å². The number of rotatable bonds is 13. The number of primary sulfonamides is 1. The third-order valence-corrected chi connectivity index (χ3v) is 4.92. The van der Waals surface area contributed by atoms with E-state index in [4.69, 9.17) is 25.1 Å². The number of nitrogens with one attached hydrogen (secondary N) is 1. The molecule has 0 aliphatic carbocycles. The monoisotopic (exact) mass is 427 g/mol. The van der Waals surface area contributed by atoms with E-state index >= 15 is 0 Å². The Balaban J connectivity index is 2.65. The number of nitrogens with two attached hydrogens (primary N) is 2. The van der Waals surface area contributed by atoms with Crippen LogP contribution in [0.1, 0.15) is 32.8 Å². The van der Waals surface area contributed by atoms with Gasteiger partial charge in [-0.2, -0.15) is 0 Å². The van der Waals surface area contributed by atoms with Crippen LogP contribution >= 0.6 is 0 Å². The number of ether oxygens (including phenoxy) is 3. The number of benzene rings is 1.